The topological polar surface area (TPSA) is 29.5 Å². The van der Waals surface area contributed by atoms with Crippen LogP contribution in [-0.4, -0.2) is 11.7 Å². The molecule has 15 heavy (non-hydrogen) atoms. The number of rotatable bonds is 4. The molecule has 1 unspecified atom stereocenters. The number of hydrogen-bond acceptors (Lipinski definition) is 3. The molecule has 1 heterocycles. The van der Waals surface area contributed by atoms with E-state index >= 15 is 0 Å². The van der Waals surface area contributed by atoms with E-state index < -0.39 is 6.10 Å². The number of hydrogen-bond donors (Lipinski definition) is 1. The Bertz CT molecular complexity index is 383. The second-order valence-corrected chi connectivity index (χ2v) is 4.13. The van der Waals surface area contributed by atoms with Crippen LogP contribution in [0.3, 0.4) is 0 Å². The van der Waals surface area contributed by atoms with Crippen molar-refractivity contribution in [1.82, 2.24) is 0 Å². The van der Waals surface area contributed by atoms with Crippen molar-refractivity contribution >= 4 is 11.3 Å². The number of para-hydroxylation sites is 1. The first-order chi connectivity index (χ1) is 7.36. The minimum atomic E-state index is -0.537. The molecule has 0 aliphatic rings. The molecule has 0 radical (unpaired) electrons. The van der Waals surface area contributed by atoms with E-state index in [2.05, 4.69) is 0 Å². The molecular formula is C12H12O2S. The van der Waals surface area contributed by atoms with Gasteiger partial charge in [-0.2, -0.15) is 0 Å². The molecule has 0 fully saturated rings. The Morgan fingerprint density at radius 3 is 2.60 bits per heavy atom. The number of ether oxygens (including phenoxy) is 1. The van der Waals surface area contributed by atoms with Gasteiger partial charge in [0.2, 0.25) is 0 Å². The highest BCUT2D eigenvalue weighted by Crippen LogP contribution is 2.20. The summed E-state index contributed by atoms with van der Waals surface area (Å²) in [6.07, 6.45) is -0.537. The molecule has 2 aromatic rings. The molecule has 0 aliphatic heterocycles. The first-order valence-corrected chi connectivity index (χ1v) is 5.63. The van der Waals surface area contributed by atoms with Crippen LogP contribution in [0.25, 0.3) is 0 Å². The summed E-state index contributed by atoms with van der Waals surface area (Å²) in [6.45, 7) is 0.296. The van der Waals surface area contributed by atoms with E-state index in [9.17, 15) is 5.11 Å². The Morgan fingerprint density at radius 2 is 1.93 bits per heavy atom. The Balaban J connectivity index is 1.89. The van der Waals surface area contributed by atoms with Crippen molar-refractivity contribution in [3.8, 4) is 5.75 Å². The third-order valence-electron chi connectivity index (χ3n) is 2.02. The highest BCUT2D eigenvalue weighted by Gasteiger charge is 2.08. The van der Waals surface area contributed by atoms with Gasteiger partial charge in [0.05, 0.1) is 0 Å². The Kier molecular flexibility index (Phi) is 3.37. The molecule has 1 N–H and O–H groups in total. The van der Waals surface area contributed by atoms with Crippen LogP contribution >= 0.6 is 11.3 Å². The van der Waals surface area contributed by atoms with Crippen LogP contribution in [0.15, 0.2) is 47.8 Å². The molecule has 2 nitrogen and oxygen atoms in total. The minimum absolute atomic E-state index is 0.296. The maximum atomic E-state index is 9.76. The molecule has 0 saturated heterocycles. The molecule has 0 spiro atoms. The van der Waals surface area contributed by atoms with Crippen LogP contribution < -0.4 is 4.74 Å². The number of aliphatic hydroxyl groups excluding tert-OH is 1. The van der Waals surface area contributed by atoms with E-state index in [1.165, 1.54) is 11.3 Å². The van der Waals surface area contributed by atoms with Gasteiger partial charge in [-0.25, -0.2) is 0 Å². The quantitative estimate of drug-likeness (QED) is 0.858. The smallest absolute Gasteiger partial charge is 0.122 e. The average Bonchev–Trinajstić information content (AvgIpc) is 2.81. The predicted molar refractivity (Wildman–Crippen MR) is 61.2 cm³/mol. The third kappa shape index (κ3) is 2.81. The van der Waals surface area contributed by atoms with Gasteiger partial charge < -0.3 is 9.84 Å². The third-order valence-corrected chi connectivity index (χ3v) is 3.00. The van der Waals surface area contributed by atoms with Gasteiger partial charge in [-0.05, 0) is 23.6 Å². The summed E-state index contributed by atoms with van der Waals surface area (Å²) in [4.78, 5) is 0.936. The van der Waals surface area contributed by atoms with E-state index in [0.717, 1.165) is 10.6 Å². The van der Waals surface area contributed by atoms with Crippen molar-refractivity contribution in [3.63, 3.8) is 0 Å². The zero-order valence-electron chi connectivity index (χ0n) is 8.17. The molecule has 0 amide bonds. The molecule has 1 aromatic carbocycles. The van der Waals surface area contributed by atoms with Crippen LogP contribution in [0.5, 0.6) is 5.75 Å². The van der Waals surface area contributed by atoms with E-state index in [1.807, 2.05) is 47.8 Å². The fourth-order valence-electron chi connectivity index (χ4n) is 1.25. The highest BCUT2D eigenvalue weighted by molar-refractivity contribution is 7.10. The summed E-state index contributed by atoms with van der Waals surface area (Å²) in [6, 6.07) is 13.3. The summed E-state index contributed by atoms with van der Waals surface area (Å²) in [5.74, 6) is 0.785. The summed E-state index contributed by atoms with van der Waals surface area (Å²) >= 11 is 1.54. The maximum absolute atomic E-state index is 9.76. The van der Waals surface area contributed by atoms with Gasteiger partial charge in [0.1, 0.15) is 18.5 Å². The van der Waals surface area contributed by atoms with Gasteiger partial charge >= 0.3 is 0 Å². The fraction of sp³-hybridized carbons (Fsp3) is 0.167. The molecule has 0 aliphatic carbocycles. The zero-order valence-corrected chi connectivity index (χ0v) is 8.98. The summed E-state index contributed by atoms with van der Waals surface area (Å²) in [5, 5.41) is 11.7. The molecule has 0 saturated carbocycles. The van der Waals surface area contributed by atoms with Crippen molar-refractivity contribution < 1.29 is 9.84 Å². The molecule has 0 bridgehead atoms. The maximum Gasteiger partial charge on any atom is 0.122 e. The molecule has 1 aromatic heterocycles. The molecule has 78 valence electrons. The highest BCUT2D eigenvalue weighted by atomic mass is 32.1. The summed E-state index contributed by atoms with van der Waals surface area (Å²) in [5.41, 5.74) is 0. The second-order valence-electron chi connectivity index (χ2n) is 3.16. The Hall–Kier alpha value is -1.32. The molecule has 1 atom stereocenters. The number of aliphatic hydroxyl groups is 1. The van der Waals surface area contributed by atoms with Gasteiger partial charge in [0.25, 0.3) is 0 Å². The van der Waals surface area contributed by atoms with Crippen molar-refractivity contribution in [3.05, 3.63) is 52.7 Å². The van der Waals surface area contributed by atoms with Gasteiger partial charge in [-0.3, -0.25) is 0 Å². The SMILES string of the molecule is OC(COc1ccccc1)c1cccs1. The van der Waals surface area contributed by atoms with Gasteiger partial charge in [0.15, 0.2) is 0 Å². The summed E-state index contributed by atoms with van der Waals surface area (Å²) < 4.78 is 5.45. The monoisotopic (exact) mass is 220 g/mol. The van der Waals surface area contributed by atoms with Gasteiger partial charge in [-0.1, -0.05) is 24.3 Å². The lowest BCUT2D eigenvalue weighted by Gasteiger charge is -2.10. The largest absolute Gasteiger partial charge is 0.490 e. The van der Waals surface area contributed by atoms with Crippen molar-refractivity contribution in [2.75, 3.05) is 6.61 Å². The lowest BCUT2D eigenvalue weighted by Crippen LogP contribution is -2.07. The molecular weight excluding hydrogens is 208 g/mol. The lowest BCUT2D eigenvalue weighted by atomic mass is 10.3. The van der Waals surface area contributed by atoms with Crippen LogP contribution in [-0.2, 0) is 0 Å². The van der Waals surface area contributed by atoms with E-state index in [4.69, 9.17) is 4.74 Å². The Labute approximate surface area is 92.8 Å². The van der Waals surface area contributed by atoms with E-state index in [0.29, 0.717) is 6.61 Å². The Morgan fingerprint density at radius 1 is 1.13 bits per heavy atom. The van der Waals surface area contributed by atoms with Crippen LogP contribution in [0.4, 0.5) is 0 Å². The van der Waals surface area contributed by atoms with Crippen LogP contribution in [0.2, 0.25) is 0 Å². The number of benzene rings is 1. The molecule has 3 heteroatoms. The van der Waals surface area contributed by atoms with Gasteiger partial charge in [0, 0.05) is 4.88 Å². The summed E-state index contributed by atoms with van der Waals surface area (Å²) in [7, 11) is 0. The van der Waals surface area contributed by atoms with Crippen molar-refractivity contribution in [2.24, 2.45) is 0 Å². The predicted octanol–water partition coefficient (Wildman–Crippen LogP) is 2.86. The number of thiophene rings is 1. The van der Waals surface area contributed by atoms with Crippen molar-refractivity contribution in [2.45, 2.75) is 6.10 Å². The average molecular weight is 220 g/mol. The zero-order chi connectivity index (χ0) is 10.5. The van der Waals surface area contributed by atoms with Crippen LogP contribution in [0, 0.1) is 0 Å². The van der Waals surface area contributed by atoms with E-state index in [1.54, 1.807) is 0 Å². The first kappa shape index (κ1) is 10.2. The van der Waals surface area contributed by atoms with E-state index in [-0.39, 0.29) is 0 Å². The van der Waals surface area contributed by atoms with Crippen LogP contribution in [0.1, 0.15) is 11.0 Å². The van der Waals surface area contributed by atoms with Gasteiger partial charge in [-0.15, -0.1) is 11.3 Å². The minimum Gasteiger partial charge on any atom is -0.490 e. The standard InChI is InChI=1S/C12H12O2S/c13-11(12-7-4-8-15-12)9-14-10-5-2-1-3-6-10/h1-8,11,13H,9H2. The normalized spacial score (nSPS) is 12.3. The first-order valence-electron chi connectivity index (χ1n) is 4.75. The molecule has 2 rings (SSSR count). The lowest BCUT2D eigenvalue weighted by molar-refractivity contribution is 0.111. The van der Waals surface area contributed by atoms with Crippen molar-refractivity contribution in [1.29, 1.82) is 0 Å². The second kappa shape index (κ2) is 4.96. The fourth-order valence-corrected chi connectivity index (χ4v) is 1.95.